The lowest BCUT2D eigenvalue weighted by Gasteiger charge is -2.14. The van der Waals surface area contributed by atoms with Crippen LogP contribution in [-0.2, 0) is 11.3 Å². The van der Waals surface area contributed by atoms with E-state index >= 15 is 0 Å². The molecule has 1 atom stereocenters. The Morgan fingerprint density at radius 3 is 2.96 bits per heavy atom. The zero-order chi connectivity index (χ0) is 18.5. The van der Waals surface area contributed by atoms with Crippen LogP contribution in [-0.4, -0.2) is 35.4 Å². The van der Waals surface area contributed by atoms with Crippen molar-refractivity contribution in [1.82, 2.24) is 15.2 Å². The van der Waals surface area contributed by atoms with Crippen molar-refractivity contribution >= 4 is 5.91 Å². The first-order chi connectivity index (χ1) is 12.6. The van der Waals surface area contributed by atoms with Crippen LogP contribution in [0.15, 0.2) is 36.5 Å². The Bertz CT molecular complexity index is 785. The highest BCUT2D eigenvalue weighted by molar-refractivity contribution is 5.79. The van der Waals surface area contributed by atoms with E-state index in [1.54, 1.807) is 12.1 Å². The Kier molecular flexibility index (Phi) is 5.78. The van der Waals surface area contributed by atoms with Crippen LogP contribution >= 0.6 is 0 Å². The largest absolute Gasteiger partial charge is 0.436 e. The molecule has 1 saturated heterocycles. The third-order valence-corrected chi connectivity index (χ3v) is 4.49. The Morgan fingerprint density at radius 2 is 2.23 bits per heavy atom. The number of amides is 1. The van der Waals surface area contributed by atoms with Crippen molar-refractivity contribution in [2.24, 2.45) is 5.92 Å². The molecule has 5 nitrogen and oxygen atoms in total. The molecule has 0 bridgehead atoms. The molecule has 1 aromatic carbocycles. The summed E-state index contributed by atoms with van der Waals surface area (Å²) in [6.45, 7) is 4.94. The van der Waals surface area contributed by atoms with E-state index in [1.807, 2.05) is 0 Å². The van der Waals surface area contributed by atoms with Crippen molar-refractivity contribution in [3.8, 4) is 11.6 Å². The SMILES string of the molecule is CCN1CC[C@H](C(=O)NCc2cccnc2Oc2ccc(F)cc2F)C1. The molecule has 138 valence electrons. The first-order valence-electron chi connectivity index (χ1n) is 8.63. The van der Waals surface area contributed by atoms with Gasteiger partial charge in [0.2, 0.25) is 11.8 Å². The number of ether oxygens (including phenoxy) is 1. The second-order valence-electron chi connectivity index (χ2n) is 6.24. The van der Waals surface area contributed by atoms with E-state index in [9.17, 15) is 13.6 Å². The predicted octanol–water partition coefficient (Wildman–Crippen LogP) is 3.11. The molecule has 1 N–H and O–H groups in total. The van der Waals surface area contributed by atoms with Gasteiger partial charge in [-0.25, -0.2) is 13.8 Å². The standard InChI is InChI=1S/C19H21F2N3O2/c1-2-24-9-7-14(12-24)18(25)23-11-13-4-3-8-22-19(13)26-17-6-5-15(20)10-16(17)21/h3-6,8,10,14H,2,7,9,11-12H2,1H3,(H,23,25)/t14-/m0/s1. The van der Waals surface area contributed by atoms with Gasteiger partial charge in [-0.05, 0) is 37.7 Å². The molecule has 1 aliphatic rings. The molecule has 2 aromatic rings. The first-order valence-corrected chi connectivity index (χ1v) is 8.63. The van der Waals surface area contributed by atoms with E-state index in [4.69, 9.17) is 4.74 Å². The van der Waals surface area contributed by atoms with Crippen molar-refractivity contribution in [2.75, 3.05) is 19.6 Å². The number of pyridine rings is 1. The number of hydrogen-bond acceptors (Lipinski definition) is 4. The Morgan fingerprint density at radius 1 is 1.38 bits per heavy atom. The monoisotopic (exact) mass is 361 g/mol. The van der Waals surface area contributed by atoms with Crippen LogP contribution in [0.3, 0.4) is 0 Å². The number of halogens is 2. The van der Waals surface area contributed by atoms with Crippen LogP contribution < -0.4 is 10.1 Å². The maximum atomic E-state index is 13.8. The fourth-order valence-corrected chi connectivity index (χ4v) is 2.97. The maximum absolute atomic E-state index is 13.8. The normalized spacial score (nSPS) is 17.3. The van der Waals surface area contributed by atoms with E-state index < -0.39 is 11.6 Å². The number of carbonyl (C=O) groups is 1. The Labute approximate surface area is 151 Å². The molecule has 0 unspecified atom stereocenters. The molecule has 2 heterocycles. The van der Waals surface area contributed by atoms with Gasteiger partial charge >= 0.3 is 0 Å². The number of benzene rings is 1. The van der Waals surface area contributed by atoms with Gasteiger partial charge in [0, 0.05) is 30.9 Å². The number of nitrogens with one attached hydrogen (secondary N) is 1. The molecule has 3 rings (SSSR count). The van der Waals surface area contributed by atoms with Crippen LogP contribution in [0.5, 0.6) is 11.6 Å². The van der Waals surface area contributed by atoms with Gasteiger partial charge in [0.15, 0.2) is 11.6 Å². The molecule has 1 aromatic heterocycles. The zero-order valence-corrected chi connectivity index (χ0v) is 14.5. The van der Waals surface area contributed by atoms with Gasteiger partial charge < -0.3 is 15.0 Å². The van der Waals surface area contributed by atoms with Gasteiger partial charge in [-0.3, -0.25) is 4.79 Å². The van der Waals surface area contributed by atoms with Crippen LogP contribution in [0.25, 0.3) is 0 Å². The molecular weight excluding hydrogens is 340 g/mol. The van der Waals surface area contributed by atoms with Crippen LogP contribution in [0.1, 0.15) is 18.9 Å². The molecule has 0 aliphatic carbocycles. The average Bonchev–Trinajstić information content (AvgIpc) is 3.12. The fourth-order valence-electron chi connectivity index (χ4n) is 2.97. The molecule has 7 heteroatoms. The summed E-state index contributed by atoms with van der Waals surface area (Å²) in [6.07, 6.45) is 2.36. The summed E-state index contributed by atoms with van der Waals surface area (Å²) in [7, 11) is 0. The third-order valence-electron chi connectivity index (χ3n) is 4.49. The van der Waals surface area contributed by atoms with Crippen molar-refractivity contribution < 1.29 is 18.3 Å². The van der Waals surface area contributed by atoms with E-state index in [2.05, 4.69) is 22.1 Å². The molecule has 1 aliphatic heterocycles. The van der Waals surface area contributed by atoms with E-state index in [1.165, 1.54) is 12.3 Å². The van der Waals surface area contributed by atoms with Crippen LogP contribution in [0.2, 0.25) is 0 Å². The summed E-state index contributed by atoms with van der Waals surface area (Å²) in [5.41, 5.74) is 0.620. The minimum absolute atomic E-state index is 0.0104. The predicted molar refractivity (Wildman–Crippen MR) is 92.7 cm³/mol. The Hall–Kier alpha value is -2.54. The second kappa shape index (κ2) is 8.23. The van der Waals surface area contributed by atoms with Crippen molar-refractivity contribution in [3.05, 3.63) is 53.7 Å². The lowest BCUT2D eigenvalue weighted by atomic mass is 10.1. The van der Waals surface area contributed by atoms with E-state index in [0.29, 0.717) is 5.56 Å². The second-order valence-corrected chi connectivity index (χ2v) is 6.24. The average molecular weight is 361 g/mol. The number of hydrogen-bond donors (Lipinski definition) is 1. The van der Waals surface area contributed by atoms with Crippen LogP contribution in [0, 0.1) is 17.6 Å². The van der Waals surface area contributed by atoms with Crippen molar-refractivity contribution in [1.29, 1.82) is 0 Å². The highest BCUT2D eigenvalue weighted by Crippen LogP contribution is 2.26. The maximum Gasteiger partial charge on any atom is 0.224 e. The topological polar surface area (TPSA) is 54.5 Å². The van der Waals surface area contributed by atoms with Gasteiger partial charge in [-0.15, -0.1) is 0 Å². The smallest absolute Gasteiger partial charge is 0.224 e. The van der Waals surface area contributed by atoms with Crippen molar-refractivity contribution in [3.63, 3.8) is 0 Å². The van der Waals surface area contributed by atoms with Gasteiger partial charge in [-0.2, -0.15) is 0 Å². The number of aromatic nitrogens is 1. The quantitative estimate of drug-likeness (QED) is 0.859. The summed E-state index contributed by atoms with van der Waals surface area (Å²) >= 11 is 0. The van der Waals surface area contributed by atoms with Gasteiger partial charge in [0.25, 0.3) is 0 Å². The lowest BCUT2D eigenvalue weighted by Crippen LogP contribution is -2.32. The van der Waals surface area contributed by atoms with Gasteiger partial charge in [0.05, 0.1) is 5.92 Å². The van der Waals surface area contributed by atoms with Gasteiger partial charge in [-0.1, -0.05) is 13.0 Å². The number of nitrogens with zero attached hydrogens (tertiary/aromatic N) is 2. The molecule has 1 amide bonds. The third kappa shape index (κ3) is 4.35. The van der Waals surface area contributed by atoms with Gasteiger partial charge in [0.1, 0.15) is 5.82 Å². The highest BCUT2D eigenvalue weighted by Gasteiger charge is 2.27. The minimum Gasteiger partial charge on any atom is -0.436 e. The summed E-state index contributed by atoms with van der Waals surface area (Å²) in [5.74, 6) is -1.46. The zero-order valence-electron chi connectivity index (χ0n) is 14.5. The number of carbonyl (C=O) groups excluding carboxylic acids is 1. The van der Waals surface area contributed by atoms with Crippen LogP contribution in [0.4, 0.5) is 8.78 Å². The molecule has 26 heavy (non-hydrogen) atoms. The molecule has 0 saturated carbocycles. The molecular formula is C19H21F2N3O2. The summed E-state index contributed by atoms with van der Waals surface area (Å²) < 4.78 is 32.3. The molecule has 0 radical (unpaired) electrons. The highest BCUT2D eigenvalue weighted by atomic mass is 19.1. The Balaban J connectivity index is 1.65. The fraction of sp³-hybridized carbons (Fsp3) is 0.368. The summed E-state index contributed by atoms with van der Waals surface area (Å²) in [4.78, 5) is 18.7. The van der Waals surface area contributed by atoms with E-state index in [-0.39, 0.29) is 30.0 Å². The van der Waals surface area contributed by atoms with E-state index in [0.717, 1.165) is 38.2 Å². The lowest BCUT2D eigenvalue weighted by molar-refractivity contribution is -0.124. The minimum atomic E-state index is -0.809. The number of likely N-dealkylation sites (tertiary alicyclic amines) is 1. The molecule has 0 spiro atoms. The summed E-state index contributed by atoms with van der Waals surface area (Å²) in [6, 6.07) is 6.53. The molecule has 1 fully saturated rings. The first kappa shape index (κ1) is 18.3. The van der Waals surface area contributed by atoms with Crippen molar-refractivity contribution in [2.45, 2.75) is 19.9 Å². The summed E-state index contributed by atoms with van der Waals surface area (Å²) in [5, 5.41) is 2.90. The number of rotatable bonds is 6.